The Balaban J connectivity index is 0.00000274. The van der Waals surface area contributed by atoms with E-state index in [1.807, 2.05) is 55.6 Å². The van der Waals surface area contributed by atoms with Gasteiger partial charge in [-0.15, -0.1) is 11.6 Å². The zero-order valence-corrected chi connectivity index (χ0v) is 19.1. The van der Waals surface area contributed by atoms with Crippen LogP contribution in [0.4, 0.5) is 0 Å². The first kappa shape index (κ1) is 23.6. The number of pyridine rings is 1. The van der Waals surface area contributed by atoms with Crippen molar-refractivity contribution in [1.29, 1.82) is 0 Å². The topological polar surface area (TPSA) is 56.5 Å². The molecule has 1 aliphatic heterocycles. The largest absolute Gasteiger partial charge is 0.489 e. The van der Waals surface area contributed by atoms with E-state index in [0.717, 1.165) is 34.1 Å². The number of amides is 1. The zero-order chi connectivity index (χ0) is 22.9. The number of carbonyl (C=O) groups excluding carboxylic acids is 1. The number of alkyl halides is 1. The van der Waals surface area contributed by atoms with Gasteiger partial charge in [0.15, 0.2) is 0 Å². The van der Waals surface area contributed by atoms with Crippen LogP contribution in [0, 0.1) is 0 Å². The molecule has 0 aliphatic carbocycles. The molecule has 0 saturated carbocycles. The number of aromatic nitrogens is 2. The van der Waals surface area contributed by atoms with Crippen molar-refractivity contribution in [2.24, 2.45) is 7.05 Å². The van der Waals surface area contributed by atoms with E-state index in [1.165, 1.54) is 11.8 Å². The molecular formula is C27H28ClN3O3. The lowest BCUT2D eigenvalue weighted by Gasteiger charge is -2.27. The molecule has 5 rings (SSSR count). The van der Waals surface area contributed by atoms with Crippen molar-refractivity contribution in [3.63, 3.8) is 0 Å². The Labute approximate surface area is 203 Å². The molecule has 0 radical (unpaired) electrons. The van der Waals surface area contributed by atoms with Gasteiger partial charge < -0.3 is 14.2 Å². The standard InChI is InChI=1S/C26H24ClN3O3.CH4/c1-28-23-10-11-29(26(32)15-27)16-22(23)21-8-7-19(13-24(21)28)30-12-9-20(14-25(30)31)33-17-18-5-3-2-4-6-18;/h2-9,12-14H,10-11,15-17H2,1H3;1H4. The summed E-state index contributed by atoms with van der Waals surface area (Å²) >= 11 is 5.76. The fourth-order valence-corrected chi connectivity index (χ4v) is 4.68. The molecule has 2 aromatic carbocycles. The predicted octanol–water partition coefficient (Wildman–Crippen LogP) is 4.67. The highest BCUT2D eigenvalue weighted by atomic mass is 35.5. The first-order valence-electron chi connectivity index (χ1n) is 10.9. The van der Waals surface area contributed by atoms with E-state index in [1.54, 1.807) is 21.7 Å². The number of hydrogen-bond acceptors (Lipinski definition) is 3. The highest BCUT2D eigenvalue weighted by Gasteiger charge is 2.25. The second-order valence-electron chi connectivity index (χ2n) is 8.23. The summed E-state index contributed by atoms with van der Waals surface area (Å²) in [4.78, 5) is 26.7. The van der Waals surface area contributed by atoms with Crippen LogP contribution in [0.2, 0.25) is 0 Å². The molecule has 4 aromatic rings. The first-order valence-corrected chi connectivity index (χ1v) is 11.4. The predicted molar refractivity (Wildman–Crippen MR) is 136 cm³/mol. The monoisotopic (exact) mass is 477 g/mol. The van der Waals surface area contributed by atoms with E-state index in [4.69, 9.17) is 16.3 Å². The van der Waals surface area contributed by atoms with Crippen LogP contribution in [-0.2, 0) is 31.4 Å². The minimum atomic E-state index is -0.155. The van der Waals surface area contributed by atoms with Crippen molar-refractivity contribution in [3.05, 3.63) is 94.0 Å². The van der Waals surface area contributed by atoms with Gasteiger partial charge in [-0.3, -0.25) is 14.2 Å². The summed E-state index contributed by atoms with van der Waals surface area (Å²) in [7, 11) is 2.03. The Kier molecular flexibility index (Phi) is 6.80. The third kappa shape index (κ3) is 4.33. The smallest absolute Gasteiger partial charge is 0.258 e. The van der Waals surface area contributed by atoms with Crippen LogP contribution < -0.4 is 10.3 Å². The van der Waals surface area contributed by atoms with Gasteiger partial charge in [0.2, 0.25) is 5.91 Å². The number of nitrogens with zero attached hydrogens (tertiary/aromatic N) is 3. The average Bonchev–Trinajstić information content (AvgIpc) is 3.13. The number of benzene rings is 2. The molecule has 176 valence electrons. The molecule has 1 aliphatic rings. The molecule has 0 spiro atoms. The number of halogens is 1. The minimum absolute atomic E-state index is 0. The van der Waals surface area contributed by atoms with Crippen LogP contribution in [0.15, 0.2) is 71.7 Å². The van der Waals surface area contributed by atoms with Crippen molar-refractivity contribution in [2.75, 3.05) is 12.4 Å². The number of aryl methyl sites for hydroxylation is 1. The molecule has 0 fully saturated rings. The maximum atomic E-state index is 12.8. The molecule has 3 heterocycles. The molecule has 0 N–H and O–H groups in total. The van der Waals surface area contributed by atoms with E-state index < -0.39 is 0 Å². The highest BCUT2D eigenvalue weighted by Crippen LogP contribution is 2.31. The minimum Gasteiger partial charge on any atom is -0.489 e. The number of ether oxygens (including phenoxy) is 1. The highest BCUT2D eigenvalue weighted by molar-refractivity contribution is 6.27. The van der Waals surface area contributed by atoms with Gasteiger partial charge in [-0.25, -0.2) is 0 Å². The van der Waals surface area contributed by atoms with Crippen molar-refractivity contribution in [1.82, 2.24) is 14.0 Å². The molecule has 2 aromatic heterocycles. The number of hydrogen-bond donors (Lipinski definition) is 0. The number of rotatable bonds is 5. The quantitative estimate of drug-likeness (QED) is 0.392. The van der Waals surface area contributed by atoms with Gasteiger partial charge in [0.25, 0.3) is 5.56 Å². The third-order valence-electron chi connectivity index (χ3n) is 6.27. The molecule has 0 atom stereocenters. The van der Waals surface area contributed by atoms with Gasteiger partial charge in [-0.05, 0) is 23.8 Å². The SMILES string of the molecule is C.Cn1c2c(c3ccc(-n4ccc(OCc5ccccc5)cc4=O)cc31)CN(C(=O)CCl)CC2. The molecule has 6 nitrogen and oxygen atoms in total. The van der Waals surface area contributed by atoms with Crippen LogP contribution in [0.25, 0.3) is 16.6 Å². The molecule has 1 amide bonds. The fourth-order valence-electron chi connectivity index (χ4n) is 4.51. The Hall–Kier alpha value is -3.51. The van der Waals surface area contributed by atoms with E-state index in [2.05, 4.69) is 4.57 Å². The Morgan fingerprint density at radius 1 is 1.09 bits per heavy atom. The number of carbonyl (C=O) groups is 1. The maximum Gasteiger partial charge on any atom is 0.258 e. The summed E-state index contributed by atoms with van der Waals surface area (Å²) in [6.07, 6.45) is 2.53. The summed E-state index contributed by atoms with van der Waals surface area (Å²) in [6.45, 7) is 1.64. The average molecular weight is 478 g/mol. The summed E-state index contributed by atoms with van der Waals surface area (Å²) < 4.78 is 9.57. The van der Waals surface area contributed by atoms with Crippen molar-refractivity contribution in [3.8, 4) is 11.4 Å². The van der Waals surface area contributed by atoms with Gasteiger partial charge in [-0.1, -0.05) is 43.8 Å². The van der Waals surface area contributed by atoms with Crippen molar-refractivity contribution in [2.45, 2.75) is 27.0 Å². The van der Waals surface area contributed by atoms with Crippen LogP contribution >= 0.6 is 11.6 Å². The lowest BCUT2D eigenvalue weighted by molar-refractivity contribution is -0.129. The molecular weight excluding hydrogens is 450 g/mol. The van der Waals surface area contributed by atoms with E-state index in [9.17, 15) is 9.59 Å². The van der Waals surface area contributed by atoms with Gasteiger partial charge >= 0.3 is 0 Å². The molecule has 0 unspecified atom stereocenters. The van der Waals surface area contributed by atoms with E-state index in [-0.39, 0.29) is 24.8 Å². The normalized spacial score (nSPS) is 12.8. The van der Waals surface area contributed by atoms with E-state index in [0.29, 0.717) is 25.4 Å². The van der Waals surface area contributed by atoms with E-state index >= 15 is 0 Å². The second-order valence-corrected chi connectivity index (χ2v) is 8.50. The molecule has 7 heteroatoms. The first-order chi connectivity index (χ1) is 16.0. The van der Waals surface area contributed by atoms with Gasteiger partial charge in [-0.2, -0.15) is 0 Å². The Morgan fingerprint density at radius 3 is 2.62 bits per heavy atom. The summed E-state index contributed by atoms with van der Waals surface area (Å²) in [5.41, 5.74) is 5.09. The van der Waals surface area contributed by atoms with Crippen LogP contribution in [0.5, 0.6) is 5.75 Å². The van der Waals surface area contributed by atoms with Crippen LogP contribution in [0.3, 0.4) is 0 Å². The van der Waals surface area contributed by atoms with Crippen molar-refractivity contribution >= 4 is 28.4 Å². The fraction of sp³-hybridized carbons (Fsp3) is 0.259. The Morgan fingerprint density at radius 2 is 1.88 bits per heavy atom. The van der Waals surface area contributed by atoms with Gasteiger partial charge in [0, 0.05) is 55.5 Å². The zero-order valence-electron chi connectivity index (χ0n) is 18.3. The summed E-state index contributed by atoms with van der Waals surface area (Å²) in [5.74, 6) is 0.495. The van der Waals surface area contributed by atoms with Crippen LogP contribution in [0.1, 0.15) is 24.2 Å². The summed E-state index contributed by atoms with van der Waals surface area (Å²) in [6, 6.07) is 19.2. The lowest BCUT2D eigenvalue weighted by Crippen LogP contribution is -2.36. The second kappa shape index (κ2) is 9.77. The number of fused-ring (bicyclic) bond motifs is 3. The summed E-state index contributed by atoms with van der Waals surface area (Å²) in [5, 5.41) is 1.10. The maximum absolute atomic E-state index is 12.8. The van der Waals surface area contributed by atoms with Gasteiger partial charge in [0.05, 0.1) is 11.2 Å². The van der Waals surface area contributed by atoms with Gasteiger partial charge in [0.1, 0.15) is 18.2 Å². The van der Waals surface area contributed by atoms with Crippen LogP contribution in [-0.4, -0.2) is 32.4 Å². The molecule has 34 heavy (non-hydrogen) atoms. The Bertz CT molecular complexity index is 1390. The molecule has 0 bridgehead atoms. The van der Waals surface area contributed by atoms with Crippen molar-refractivity contribution < 1.29 is 9.53 Å². The third-order valence-corrected chi connectivity index (χ3v) is 6.50. The lowest BCUT2D eigenvalue weighted by atomic mass is 10.0. The molecule has 0 saturated heterocycles.